The first-order chi connectivity index (χ1) is 6.92. The quantitative estimate of drug-likeness (QED) is 0.688. The highest BCUT2D eigenvalue weighted by Gasteiger charge is 2.27. The third-order valence-corrected chi connectivity index (χ3v) is 3.35. The first kappa shape index (κ1) is 9.66. The van der Waals surface area contributed by atoms with E-state index in [1.54, 1.807) is 0 Å². The SMILES string of the molecule is NC1=NS(=O)(=O)c2ccc(C(=O)O)cc21. The largest absolute Gasteiger partial charge is 0.478 e. The van der Waals surface area contributed by atoms with Gasteiger partial charge in [-0.2, -0.15) is 8.42 Å². The van der Waals surface area contributed by atoms with Gasteiger partial charge in [0.2, 0.25) is 0 Å². The number of hydrogen-bond acceptors (Lipinski definition) is 4. The highest BCUT2D eigenvalue weighted by molar-refractivity contribution is 7.90. The molecule has 0 fully saturated rings. The van der Waals surface area contributed by atoms with Crippen molar-refractivity contribution in [2.45, 2.75) is 4.90 Å². The fraction of sp³-hybridized carbons (Fsp3) is 0. The smallest absolute Gasteiger partial charge is 0.335 e. The summed E-state index contributed by atoms with van der Waals surface area (Å²) in [7, 11) is -3.73. The lowest BCUT2D eigenvalue weighted by Crippen LogP contribution is -2.11. The van der Waals surface area contributed by atoms with E-state index in [1.165, 1.54) is 18.2 Å². The molecular formula is C8H6N2O4S. The number of amidine groups is 1. The van der Waals surface area contributed by atoms with Crippen molar-refractivity contribution >= 4 is 21.8 Å². The molecule has 0 spiro atoms. The molecule has 1 aliphatic heterocycles. The van der Waals surface area contributed by atoms with Gasteiger partial charge < -0.3 is 10.8 Å². The standard InChI is InChI=1S/C8H6N2O4S/c9-7-5-3-4(8(11)12)1-2-6(5)15(13,14)10-7/h1-3H,(H2,9,10)(H,11,12). The molecule has 0 aliphatic carbocycles. The fourth-order valence-corrected chi connectivity index (χ4v) is 2.45. The minimum atomic E-state index is -3.73. The number of carboxylic acids is 1. The maximum Gasteiger partial charge on any atom is 0.335 e. The van der Waals surface area contributed by atoms with Crippen LogP contribution in [0.5, 0.6) is 0 Å². The van der Waals surface area contributed by atoms with Crippen LogP contribution < -0.4 is 5.73 Å². The van der Waals surface area contributed by atoms with E-state index in [4.69, 9.17) is 10.8 Å². The van der Waals surface area contributed by atoms with Crippen molar-refractivity contribution in [2.24, 2.45) is 10.1 Å². The molecule has 0 bridgehead atoms. The first-order valence-corrected chi connectivity index (χ1v) is 5.34. The number of benzene rings is 1. The number of nitrogens with two attached hydrogens (primary N) is 1. The third kappa shape index (κ3) is 1.37. The Kier molecular flexibility index (Phi) is 1.80. The Morgan fingerprint density at radius 2 is 2.07 bits per heavy atom. The number of nitrogens with zero attached hydrogens (tertiary/aromatic N) is 1. The molecule has 0 amide bonds. The van der Waals surface area contributed by atoms with Crippen LogP contribution in [-0.4, -0.2) is 25.3 Å². The molecule has 1 aromatic carbocycles. The van der Waals surface area contributed by atoms with Gasteiger partial charge >= 0.3 is 5.97 Å². The molecule has 1 heterocycles. The van der Waals surface area contributed by atoms with Crippen molar-refractivity contribution in [2.75, 3.05) is 0 Å². The third-order valence-electron chi connectivity index (χ3n) is 2.00. The Labute approximate surface area is 85.1 Å². The van der Waals surface area contributed by atoms with Gasteiger partial charge in [0.25, 0.3) is 10.0 Å². The molecule has 2 rings (SSSR count). The molecule has 0 unspecified atom stereocenters. The summed E-state index contributed by atoms with van der Waals surface area (Å²) in [6.45, 7) is 0. The van der Waals surface area contributed by atoms with Gasteiger partial charge in [0.1, 0.15) is 10.7 Å². The topological polar surface area (TPSA) is 110 Å². The van der Waals surface area contributed by atoms with E-state index < -0.39 is 16.0 Å². The van der Waals surface area contributed by atoms with Gasteiger partial charge in [0, 0.05) is 5.56 Å². The number of rotatable bonds is 1. The second-order valence-corrected chi connectivity index (χ2v) is 4.54. The first-order valence-electron chi connectivity index (χ1n) is 3.90. The van der Waals surface area contributed by atoms with Crippen molar-refractivity contribution in [3.05, 3.63) is 29.3 Å². The van der Waals surface area contributed by atoms with Gasteiger partial charge in [-0.25, -0.2) is 4.79 Å². The summed E-state index contributed by atoms with van der Waals surface area (Å²) in [5.41, 5.74) is 5.49. The summed E-state index contributed by atoms with van der Waals surface area (Å²) in [6, 6.07) is 3.59. The number of carboxylic acid groups (broad SMARTS) is 1. The summed E-state index contributed by atoms with van der Waals surface area (Å²) in [5.74, 6) is -1.32. The molecule has 15 heavy (non-hydrogen) atoms. The summed E-state index contributed by atoms with van der Waals surface area (Å²) in [4.78, 5) is 10.6. The van der Waals surface area contributed by atoms with Gasteiger partial charge in [-0.15, -0.1) is 4.40 Å². The molecule has 7 heteroatoms. The van der Waals surface area contributed by atoms with E-state index in [-0.39, 0.29) is 21.9 Å². The molecule has 0 radical (unpaired) electrons. The summed E-state index contributed by atoms with van der Waals surface area (Å²) < 4.78 is 25.9. The Morgan fingerprint density at radius 3 is 2.67 bits per heavy atom. The average Bonchev–Trinajstić information content (AvgIpc) is 2.37. The van der Waals surface area contributed by atoms with Crippen molar-refractivity contribution < 1.29 is 18.3 Å². The Bertz CT molecular complexity index is 589. The van der Waals surface area contributed by atoms with Crippen LogP contribution in [0.2, 0.25) is 0 Å². The molecule has 0 atom stereocenters. The van der Waals surface area contributed by atoms with E-state index in [0.717, 1.165) is 0 Å². The Morgan fingerprint density at radius 1 is 1.40 bits per heavy atom. The normalized spacial score (nSPS) is 16.9. The maximum atomic E-state index is 11.3. The summed E-state index contributed by atoms with van der Waals surface area (Å²) in [6.07, 6.45) is 0. The van der Waals surface area contributed by atoms with Crippen LogP contribution in [-0.2, 0) is 10.0 Å². The Balaban J connectivity index is 2.72. The molecule has 6 nitrogen and oxygen atoms in total. The van der Waals surface area contributed by atoms with Gasteiger partial charge in [0.05, 0.1) is 5.56 Å². The second kappa shape index (κ2) is 2.80. The monoisotopic (exact) mass is 226 g/mol. The van der Waals surface area contributed by atoms with Crippen LogP contribution in [0.15, 0.2) is 27.5 Å². The van der Waals surface area contributed by atoms with Crippen molar-refractivity contribution in [3.8, 4) is 0 Å². The van der Waals surface area contributed by atoms with Crippen LogP contribution in [0, 0.1) is 0 Å². The van der Waals surface area contributed by atoms with Crippen LogP contribution >= 0.6 is 0 Å². The van der Waals surface area contributed by atoms with E-state index >= 15 is 0 Å². The highest BCUT2D eigenvalue weighted by Crippen LogP contribution is 2.25. The van der Waals surface area contributed by atoms with Gasteiger partial charge in [-0.3, -0.25) is 0 Å². The van der Waals surface area contributed by atoms with Crippen LogP contribution in [0.25, 0.3) is 0 Å². The van der Waals surface area contributed by atoms with Gasteiger partial charge in [-0.05, 0) is 18.2 Å². The molecule has 78 valence electrons. The molecule has 0 saturated heterocycles. The van der Waals surface area contributed by atoms with E-state index in [0.29, 0.717) is 0 Å². The van der Waals surface area contributed by atoms with Crippen LogP contribution in [0.4, 0.5) is 0 Å². The zero-order chi connectivity index (χ0) is 11.2. The van der Waals surface area contributed by atoms with Crippen LogP contribution in [0.3, 0.4) is 0 Å². The Hall–Kier alpha value is -1.89. The highest BCUT2D eigenvalue weighted by atomic mass is 32.2. The van der Waals surface area contributed by atoms with E-state index in [2.05, 4.69) is 4.40 Å². The zero-order valence-corrected chi connectivity index (χ0v) is 8.15. The molecular weight excluding hydrogens is 220 g/mol. The predicted molar refractivity (Wildman–Crippen MR) is 51.3 cm³/mol. The van der Waals surface area contributed by atoms with Gasteiger partial charge in [0.15, 0.2) is 0 Å². The second-order valence-electron chi connectivity index (χ2n) is 2.97. The number of fused-ring (bicyclic) bond motifs is 1. The molecule has 1 aromatic rings. The summed E-state index contributed by atoms with van der Waals surface area (Å²) in [5, 5.41) is 8.70. The predicted octanol–water partition coefficient (Wildman–Crippen LogP) is -0.208. The minimum absolute atomic E-state index is 0.0241. The summed E-state index contributed by atoms with van der Waals surface area (Å²) >= 11 is 0. The lowest BCUT2D eigenvalue weighted by molar-refractivity contribution is 0.0696. The lowest BCUT2D eigenvalue weighted by Gasteiger charge is -1.99. The molecule has 0 aromatic heterocycles. The number of carbonyl (C=O) groups is 1. The minimum Gasteiger partial charge on any atom is -0.478 e. The number of hydrogen-bond donors (Lipinski definition) is 2. The average molecular weight is 226 g/mol. The molecule has 3 N–H and O–H groups in total. The van der Waals surface area contributed by atoms with Crippen molar-refractivity contribution in [1.82, 2.24) is 0 Å². The van der Waals surface area contributed by atoms with Crippen molar-refractivity contribution in [3.63, 3.8) is 0 Å². The van der Waals surface area contributed by atoms with Crippen LogP contribution in [0.1, 0.15) is 15.9 Å². The molecule has 0 saturated carbocycles. The lowest BCUT2D eigenvalue weighted by atomic mass is 10.1. The number of sulfonamides is 1. The maximum absolute atomic E-state index is 11.3. The van der Waals surface area contributed by atoms with Crippen molar-refractivity contribution in [1.29, 1.82) is 0 Å². The zero-order valence-electron chi connectivity index (χ0n) is 7.34. The van der Waals surface area contributed by atoms with E-state index in [9.17, 15) is 13.2 Å². The van der Waals surface area contributed by atoms with Gasteiger partial charge in [-0.1, -0.05) is 0 Å². The fourth-order valence-electron chi connectivity index (χ4n) is 1.32. The van der Waals surface area contributed by atoms with E-state index in [1.807, 2.05) is 0 Å². The molecule has 1 aliphatic rings. The number of aromatic carboxylic acids is 1.